The van der Waals surface area contributed by atoms with E-state index in [4.69, 9.17) is 4.74 Å². The van der Waals surface area contributed by atoms with Gasteiger partial charge in [0.2, 0.25) is 0 Å². The molecule has 0 radical (unpaired) electrons. The first-order chi connectivity index (χ1) is 12.1. The van der Waals surface area contributed by atoms with Crippen molar-refractivity contribution < 1.29 is 9.53 Å². The van der Waals surface area contributed by atoms with Crippen molar-refractivity contribution in [2.24, 2.45) is 0 Å². The first-order valence-electron chi connectivity index (χ1n) is 9.52. The van der Waals surface area contributed by atoms with Gasteiger partial charge in [0.1, 0.15) is 0 Å². The molecule has 7 heteroatoms. The molecule has 4 atom stereocenters. The number of hydrogen-bond acceptors (Lipinski definition) is 4. The van der Waals surface area contributed by atoms with E-state index in [0.717, 1.165) is 39.0 Å². The normalized spacial score (nSPS) is 29.1. The van der Waals surface area contributed by atoms with Crippen LogP contribution in [0.25, 0.3) is 0 Å². The third kappa shape index (κ3) is 4.73. The molecule has 1 saturated carbocycles. The van der Waals surface area contributed by atoms with Gasteiger partial charge in [-0.1, -0.05) is 12.8 Å². The van der Waals surface area contributed by atoms with Gasteiger partial charge in [0, 0.05) is 37.6 Å². The number of urea groups is 1. The van der Waals surface area contributed by atoms with E-state index in [1.54, 1.807) is 6.20 Å². The zero-order valence-electron chi connectivity index (χ0n) is 15.4. The van der Waals surface area contributed by atoms with E-state index in [-0.39, 0.29) is 18.1 Å². The van der Waals surface area contributed by atoms with Crippen LogP contribution in [0.15, 0.2) is 18.5 Å². The minimum atomic E-state index is -0.0724. The molecule has 1 aromatic heterocycles. The summed E-state index contributed by atoms with van der Waals surface area (Å²) >= 11 is 0. The van der Waals surface area contributed by atoms with Crippen LogP contribution in [0, 0.1) is 0 Å². The van der Waals surface area contributed by atoms with Gasteiger partial charge in [-0.15, -0.1) is 0 Å². The fourth-order valence-corrected chi connectivity index (χ4v) is 4.04. The van der Waals surface area contributed by atoms with Crippen molar-refractivity contribution in [2.75, 3.05) is 26.3 Å². The molecule has 2 fully saturated rings. The van der Waals surface area contributed by atoms with E-state index in [1.807, 2.05) is 16.9 Å². The summed E-state index contributed by atoms with van der Waals surface area (Å²) in [5, 5.41) is 10.6. The zero-order valence-corrected chi connectivity index (χ0v) is 15.4. The largest absolute Gasteiger partial charge is 0.379 e. The maximum Gasteiger partial charge on any atom is 0.315 e. The summed E-state index contributed by atoms with van der Waals surface area (Å²) in [5.41, 5.74) is 0. The van der Waals surface area contributed by atoms with Crippen LogP contribution in [0.4, 0.5) is 4.79 Å². The highest BCUT2D eigenvalue weighted by atomic mass is 16.5. The van der Waals surface area contributed by atoms with E-state index < -0.39 is 0 Å². The van der Waals surface area contributed by atoms with Gasteiger partial charge in [0.05, 0.1) is 25.3 Å². The van der Waals surface area contributed by atoms with Crippen LogP contribution in [0.1, 0.15) is 45.6 Å². The van der Waals surface area contributed by atoms with Crippen molar-refractivity contribution in [2.45, 2.75) is 63.7 Å². The maximum absolute atomic E-state index is 12.4. The number of aromatic nitrogens is 2. The molecule has 1 aliphatic carbocycles. The number of morpholine rings is 1. The fourth-order valence-electron chi connectivity index (χ4n) is 4.04. The molecule has 2 amide bonds. The quantitative estimate of drug-likeness (QED) is 0.850. The highest BCUT2D eigenvalue weighted by Gasteiger charge is 2.29. The molecule has 2 heterocycles. The van der Waals surface area contributed by atoms with E-state index in [0.29, 0.717) is 18.6 Å². The average molecular weight is 349 g/mol. The molecule has 7 nitrogen and oxygen atoms in total. The Morgan fingerprint density at radius 1 is 1.40 bits per heavy atom. The molecule has 1 aliphatic heterocycles. The number of carbonyl (C=O) groups is 1. The molecule has 0 bridgehead atoms. The molecule has 3 rings (SSSR count). The van der Waals surface area contributed by atoms with Crippen molar-refractivity contribution in [3.63, 3.8) is 0 Å². The number of carbonyl (C=O) groups excluding carboxylic acids is 1. The van der Waals surface area contributed by atoms with Crippen LogP contribution >= 0.6 is 0 Å². The van der Waals surface area contributed by atoms with Gasteiger partial charge in [0.15, 0.2) is 0 Å². The number of ether oxygens (including phenoxy) is 1. The zero-order chi connectivity index (χ0) is 17.6. The lowest BCUT2D eigenvalue weighted by atomic mass is 9.90. The van der Waals surface area contributed by atoms with Gasteiger partial charge in [-0.3, -0.25) is 9.58 Å². The smallest absolute Gasteiger partial charge is 0.315 e. The molecule has 4 unspecified atom stereocenters. The van der Waals surface area contributed by atoms with Crippen LogP contribution < -0.4 is 10.6 Å². The second kappa shape index (κ2) is 8.67. The van der Waals surface area contributed by atoms with E-state index in [9.17, 15) is 4.79 Å². The van der Waals surface area contributed by atoms with Crippen molar-refractivity contribution in [3.05, 3.63) is 18.5 Å². The fraction of sp³-hybridized carbons (Fsp3) is 0.778. The van der Waals surface area contributed by atoms with Crippen LogP contribution in [0.2, 0.25) is 0 Å². The number of nitrogens with zero attached hydrogens (tertiary/aromatic N) is 3. The SMILES string of the molecule is CC(CNC(=O)NC1CCCCC1n1cccn1)N1CCOCC1C. The third-order valence-corrected chi connectivity index (χ3v) is 5.45. The lowest BCUT2D eigenvalue weighted by Crippen LogP contribution is -2.54. The number of hydrogen-bond donors (Lipinski definition) is 2. The molecular formula is C18H31N5O2. The number of rotatable bonds is 5. The van der Waals surface area contributed by atoms with Crippen LogP contribution in [-0.2, 0) is 4.74 Å². The van der Waals surface area contributed by atoms with Crippen molar-refractivity contribution in [1.29, 1.82) is 0 Å². The summed E-state index contributed by atoms with van der Waals surface area (Å²) in [5.74, 6) is 0. The molecule has 0 aromatic carbocycles. The Bertz CT molecular complexity index is 536. The second-order valence-electron chi connectivity index (χ2n) is 7.31. The Labute approximate surface area is 150 Å². The highest BCUT2D eigenvalue weighted by molar-refractivity contribution is 5.74. The third-order valence-electron chi connectivity index (χ3n) is 5.45. The predicted octanol–water partition coefficient (Wildman–Crippen LogP) is 1.78. The van der Waals surface area contributed by atoms with Crippen LogP contribution in [0.5, 0.6) is 0 Å². The van der Waals surface area contributed by atoms with E-state index in [1.165, 1.54) is 6.42 Å². The Kier molecular flexibility index (Phi) is 6.31. The van der Waals surface area contributed by atoms with Crippen LogP contribution in [-0.4, -0.2) is 65.1 Å². The summed E-state index contributed by atoms with van der Waals surface area (Å²) in [6.45, 7) is 7.45. The summed E-state index contributed by atoms with van der Waals surface area (Å²) in [7, 11) is 0. The number of nitrogens with one attached hydrogen (secondary N) is 2. The molecule has 1 saturated heterocycles. The minimum Gasteiger partial charge on any atom is -0.379 e. The first kappa shape index (κ1) is 18.2. The first-order valence-corrected chi connectivity index (χ1v) is 9.52. The predicted molar refractivity (Wildman–Crippen MR) is 96.5 cm³/mol. The molecule has 1 aromatic rings. The molecule has 25 heavy (non-hydrogen) atoms. The average Bonchev–Trinajstić information content (AvgIpc) is 3.15. The Hall–Kier alpha value is -1.60. The van der Waals surface area contributed by atoms with Crippen molar-refractivity contribution >= 4 is 6.03 Å². The van der Waals surface area contributed by atoms with Crippen molar-refractivity contribution in [3.8, 4) is 0 Å². The van der Waals surface area contributed by atoms with Gasteiger partial charge in [-0.05, 0) is 32.8 Å². The molecule has 2 aliphatic rings. The van der Waals surface area contributed by atoms with E-state index >= 15 is 0 Å². The van der Waals surface area contributed by atoms with Crippen molar-refractivity contribution in [1.82, 2.24) is 25.3 Å². The van der Waals surface area contributed by atoms with Gasteiger partial charge < -0.3 is 15.4 Å². The Morgan fingerprint density at radius 3 is 3.00 bits per heavy atom. The minimum absolute atomic E-state index is 0.0724. The van der Waals surface area contributed by atoms with Crippen LogP contribution in [0.3, 0.4) is 0 Å². The topological polar surface area (TPSA) is 71.4 Å². The summed E-state index contributed by atoms with van der Waals surface area (Å²) in [4.78, 5) is 14.8. The monoisotopic (exact) mass is 349 g/mol. The Morgan fingerprint density at radius 2 is 2.24 bits per heavy atom. The summed E-state index contributed by atoms with van der Waals surface area (Å²) in [6.07, 6.45) is 8.21. The maximum atomic E-state index is 12.4. The highest BCUT2D eigenvalue weighted by Crippen LogP contribution is 2.28. The van der Waals surface area contributed by atoms with Gasteiger partial charge in [-0.25, -0.2) is 4.79 Å². The lowest BCUT2D eigenvalue weighted by molar-refractivity contribution is -0.0176. The standard InChI is InChI=1S/C18H31N5O2/c1-14(22-10-11-25-13-15(22)2)12-19-18(24)21-16-6-3-4-7-17(16)23-9-5-8-20-23/h5,8-9,14-17H,3-4,6-7,10-13H2,1-2H3,(H2,19,21,24). The van der Waals surface area contributed by atoms with Gasteiger partial charge in [0.25, 0.3) is 0 Å². The second-order valence-corrected chi connectivity index (χ2v) is 7.31. The Balaban J connectivity index is 1.48. The summed E-state index contributed by atoms with van der Waals surface area (Å²) in [6, 6.07) is 2.97. The summed E-state index contributed by atoms with van der Waals surface area (Å²) < 4.78 is 7.47. The number of amides is 2. The molecule has 2 N–H and O–H groups in total. The van der Waals surface area contributed by atoms with E-state index in [2.05, 4.69) is 34.5 Å². The molecule has 0 spiro atoms. The molecular weight excluding hydrogens is 318 g/mol. The lowest BCUT2D eigenvalue weighted by Gasteiger charge is -2.38. The molecule has 140 valence electrons. The van der Waals surface area contributed by atoms with Gasteiger partial charge in [-0.2, -0.15) is 5.10 Å². The van der Waals surface area contributed by atoms with Gasteiger partial charge >= 0.3 is 6.03 Å².